The zero-order valence-corrected chi connectivity index (χ0v) is 25.5. The van der Waals surface area contributed by atoms with Crippen molar-refractivity contribution in [1.29, 1.82) is 0 Å². The summed E-state index contributed by atoms with van der Waals surface area (Å²) in [4.78, 5) is 44.5. The van der Waals surface area contributed by atoms with Crippen molar-refractivity contribution in [3.8, 4) is 0 Å². The van der Waals surface area contributed by atoms with Gasteiger partial charge in [0.2, 0.25) is 5.95 Å². The smallest absolute Gasteiger partial charge is 0.332 e. The lowest BCUT2D eigenvalue weighted by molar-refractivity contribution is -0.163. The van der Waals surface area contributed by atoms with Gasteiger partial charge in [-0.05, 0) is 63.1 Å². The third-order valence-electron chi connectivity index (χ3n) is 7.94. The molecule has 42 heavy (non-hydrogen) atoms. The second kappa shape index (κ2) is 13.6. The Morgan fingerprint density at radius 3 is 2.69 bits per heavy atom. The van der Waals surface area contributed by atoms with Gasteiger partial charge >= 0.3 is 11.7 Å². The molecule has 3 aromatic rings. The quantitative estimate of drug-likeness (QED) is 0.332. The number of carbonyl (C=O) groups excluding carboxylic acids is 1. The van der Waals surface area contributed by atoms with Crippen LogP contribution in [0.25, 0.3) is 11.2 Å². The predicted octanol–water partition coefficient (Wildman–Crippen LogP) is 4.33. The molecule has 3 heterocycles. The molecule has 1 aliphatic carbocycles. The van der Waals surface area contributed by atoms with E-state index in [1.807, 2.05) is 0 Å². The molecular formula is C29H37Cl2N5O6. The van der Waals surface area contributed by atoms with Gasteiger partial charge in [-0.3, -0.25) is 18.7 Å². The van der Waals surface area contributed by atoms with Gasteiger partial charge in [-0.2, -0.15) is 4.98 Å². The van der Waals surface area contributed by atoms with Gasteiger partial charge in [0.25, 0.3) is 5.56 Å². The number of fused-ring (bicyclic) bond motifs is 1. The number of nitrogens with one attached hydrogen (secondary N) is 1. The fourth-order valence-corrected chi connectivity index (χ4v) is 6.08. The zero-order valence-electron chi connectivity index (χ0n) is 23.9. The number of hydrogen-bond donors (Lipinski definition) is 1. The zero-order chi connectivity index (χ0) is 29.8. The normalized spacial score (nSPS) is 21.0. The number of carbonyl (C=O) groups is 1. The topological polar surface area (TPSA) is 119 Å². The highest BCUT2D eigenvalue weighted by Gasteiger charge is 2.30. The van der Waals surface area contributed by atoms with Crippen LogP contribution in [-0.2, 0) is 39.1 Å². The predicted molar refractivity (Wildman–Crippen MR) is 160 cm³/mol. The van der Waals surface area contributed by atoms with E-state index in [1.165, 1.54) is 9.13 Å². The second-order valence-corrected chi connectivity index (χ2v) is 11.7. The van der Waals surface area contributed by atoms with Crippen LogP contribution in [0.3, 0.4) is 0 Å². The fourth-order valence-electron chi connectivity index (χ4n) is 5.76. The average molecular weight is 623 g/mol. The van der Waals surface area contributed by atoms with Crippen LogP contribution >= 0.6 is 23.2 Å². The Labute approximate surface area is 253 Å². The van der Waals surface area contributed by atoms with Gasteiger partial charge in [0, 0.05) is 26.2 Å². The number of ether oxygens (including phenoxy) is 3. The summed E-state index contributed by atoms with van der Waals surface area (Å²) in [7, 11) is 1.60. The number of anilines is 1. The van der Waals surface area contributed by atoms with Crippen LogP contribution in [0.2, 0.25) is 10.0 Å². The molecule has 1 aromatic carbocycles. The van der Waals surface area contributed by atoms with Crippen LogP contribution < -0.4 is 16.6 Å². The fraction of sp³-hybridized carbons (Fsp3) is 0.586. The summed E-state index contributed by atoms with van der Waals surface area (Å²) in [6.07, 6.45) is 5.65. The largest absolute Gasteiger partial charge is 0.466 e. The first-order chi connectivity index (χ1) is 20.3. The number of benzene rings is 1. The van der Waals surface area contributed by atoms with Gasteiger partial charge in [0.1, 0.15) is 0 Å². The molecule has 1 aliphatic heterocycles. The molecule has 0 amide bonds. The van der Waals surface area contributed by atoms with E-state index in [2.05, 4.69) is 5.32 Å². The van der Waals surface area contributed by atoms with E-state index < -0.39 is 11.2 Å². The Hall–Kier alpha value is -2.86. The monoisotopic (exact) mass is 621 g/mol. The van der Waals surface area contributed by atoms with Gasteiger partial charge < -0.3 is 24.1 Å². The molecule has 0 spiro atoms. The summed E-state index contributed by atoms with van der Waals surface area (Å²) in [6, 6.07) is 4.96. The van der Waals surface area contributed by atoms with Gasteiger partial charge in [-0.1, -0.05) is 35.7 Å². The molecule has 2 aliphatic rings. The number of rotatable bonds is 10. The summed E-state index contributed by atoms with van der Waals surface area (Å²) >= 11 is 12.3. The Balaban J connectivity index is 1.50. The van der Waals surface area contributed by atoms with Crippen molar-refractivity contribution in [2.45, 2.75) is 77.3 Å². The van der Waals surface area contributed by atoms with E-state index in [9.17, 15) is 14.4 Å². The first kappa shape index (κ1) is 30.6. The lowest BCUT2D eigenvalue weighted by Gasteiger charge is -2.29. The first-order valence-corrected chi connectivity index (χ1v) is 15.3. The molecule has 3 unspecified atom stereocenters. The minimum Gasteiger partial charge on any atom is -0.466 e. The average Bonchev–Trinajstić information content (AvgIpc) is 3.34. The van der Waals surface area contributed by atoms with Crippen molar-refractivity contribution in [1.82, 2.24) is 18.7 Å². The van der Waals surface area contributed by atoms with Crippen LogP contribution in [-0.4, -0.2) is 56.8 Å². The Kier molecular flexibility index (Phi) is 9.92. The molecule has 13 heteroatoms. The second-order valence-electron chi connectivity index (χ2n) is 10.9. The first-order valence-electron chi connectivity index (χ1n) is 14.6. The number of halogens is 2. The maximum absolute atomic E-state index is 13.9. The highest BCUT2D eigenvalue weighted by Crippen LogP contribution is 2.29. The van der Waals surface area contributed by atoms with E-state index in [1.54, 1.807) is 36.7 Å². The molecule has 228 valence electrons. The number of aryl methyl sites for hydroxylation is 1. The molecule has 2 aromatic heterocycles. The molecule has 1 N–H and O–H groups in total. The number of nitrogens with zero attached hydrogens (tertiary/aromatic N) is 4. The van der Waals surface area contributed by atoms with Crippen molar-refractivity contribution >= 4 is 46.3 Å². The molecular weight excluding hydrogens is 585 g/mol. The Bertz CT molecular complexity index is 1540. The molecule has 11 nitrogen and oxygen atoms in total. The maximum Gasteiger partial charge on any atom is 0.332 e. The van der Waals surface area contributed by atoms with E-state index in [0.29, 0.717) is 47.7 Å². The van der Waals surface area contributed by atoms with E-state index in [0.717, 1.165) is 38.5 Å². The third-order valence-corrected chi connectivity index (χ3v) is 8.68. The van der Waals surface area contributed by atoms with E-state index in [4.69, 9.17) is 42.4 Å². The highest BCUT2D eigenvalue weighted by atomic mass is 35.5. The van der Waals surface area contributed by atoms with Gasteiger partial charge in [0.15, 0.2) is 17.5 Å². The van der Waals surface area contributed by atoms with Crippen LogP contribution in [0.15, 0.2) is 27.8 Å². The summed E-state index contributed by atoms with van der Waals surface area (Å²) < 4.78 is 21.3. The molecule has 3 atom stereocenters. The Morgan fingerprint density at radius 1 is 1.12 bits per heavy atom. The summed E-state index contributed by atoms with van der Waals surface area (Å²) in [5.41, 5.74) is 0.246. The van der Waals surface area contributed by atoms with E-state index >= 15 is 0 Å². The van der Waals surface area contributed by atoms with Crippen LogP contribution in [0.5, 0.6) is 0 Å². The summed E-state index contributed by atoms with van der Waals surface area (Å²) in [5, 5.41) is 4.20. The number of esters is 1. The van der Waals surface area contributed by atoms with Crippen molar-refractivity contribution in [2.24, 2.45) is 13.0 Å². The highest BCUT2D eigenvalue weighted by molar-refractivity contribution is 6.42. The number of aromatic nitrogens is 4. The minimum absolute atomic E-state index is 0.0164. The summed E-state index contributed by atoms with van der Waals surface area (Å²) in [5.74, 6) is 0.0617. The van der Waals surface area contributed by atoms with Crippen molar-refractivity contribution in [2.75, 3.05) is 25.1 Å². The van der Waals surface area contributed by atoms with Gasteiger partial charge in [0.05, 0.1) is 35.7 Å². The molecule has 1 saturated carbocycles. The van der Waals surface area contributed by atoms with Gasteiger partial charge in [-0.25, -0.2) is 4.79 Å². The van der Waals surface area contributed by atoms with Crippen LogP contribution in [0, 0.1) is 5.92 Å². The van der Waals surface area contributed by atoms with Crippen molar-refractivity contribution < 1.29 is 19.0 Å². The molecule has 0 radical (unpaired) electrons. The number of imidazole rings is 1. The van der Waals surface area contributed by atoms with E-state index in [-0.39, 0.29) is 48.5 Å². The Morgan fingerprint density at radius 2 is 1.95 bits per heavy atom. The lowest BCUT2D eigenvalue weighted by Crippen LogP contribution is -2.40. The number of hydrogen-bond acceptors (Lipinski definition) is 8. The minimum atomic E-state index is -0.498. The van der Waals surface area contributed by atoms with Gasteiger partial charge in [-0.15, -0.1) is 0 Å². The molecule has 0 bridgehead atoms. The molecule has 1 saturated heterocycles. The lowest BCUT2D eigenvalue weighted by atomic mass is 9.86. The van der Waals surface area contributed by atoms with Crippen molar-refractivity contribution in [3.63, 3.8) is 0 Å². The summed E-state index contributed by atoms with van der Waals surface area (Å²) in [6.45, 7) is 3.43. The SMILES string of the molecule is CCOC(=O)C1CCCC(Nc2nc3c(c(=O)n(Cc4ccc(Cl)c(Cl)c4)c(=O)n3C)n2CCOC2CCCCO2)C1. The molecule has 2 fully saturated rings. The standard InChI is InChI=1S/C29H37Cl2N5O6/c1-3-40-27(38)19-7-6-8-20(16-19)32-28-33-25-24(35(28)12-14-42-23-9-4-5-13-41-23)26(37)36(29(39)34(25)2)17-18-10-11-21(30)22(31)15-18/h10-11,15,19-20,23H,3-9,12-14,16-17H2,1-2H3,(H,32,33). The maximum atomic E-state index is 13.9. The molecule has 5 rings (SSSR count). The van der Waals surface area contributed by atoms with Crippen molar-refractivity contribution in [3.05, 3.63) is 54.6 Å². The van der Waals surface area contributed by atoms with Crippen LogP contribution in [0.4, 0.5) is 5.95 Å². The third kappa shape index (κ3) is 6.69. The van der Waals surface area contributed by atoms with Crippen LogP contribution in [0.1, 0.15) is 57.4 Å².